The van der Waals surface area contributed by atoms with Gasteiger partial charge in [-0.25, -0.2) is 11.5 Å². The minimum absolute atomic E-state index is 0.200. The van der Waals surface area contributed by atoms with Crippen LogP contribution in [-0.2, 0) is 0 Å². The summed E-state index contributed by atoms with van der Waals surface area (Å²) in [4.78, 5) is 8.86. The molecule has 0 radical (unpaired) electrons. The number of hydrogen-bond donors (Lipinski definition) is 0. The lowest BCUT2D eigenvalue weighted by Crippen LogP contribution is -2.70. The van der Waals surface area contributed by atoms with E-state index >= 15 is 0 Å². The van der Waals surface area contributed by atoms with Crippen LogP contribution in [0.5, 0.6) is 0 Å². The Labute approximate surface area is 111 Å². The summed E-state index contributed by atoms with van der Waals surface area (Å²) in [7, 11) is 0. The Morgan fingerprint density at radius 2 is 1.89 bits per heavy atom. The first-order valence-electron chi connectivity index (χ1n) is 7.31. The van der Waals surface area contributed by atoms with Gasteiger partial charge in [0.1, 0.15) is 0 Å². The Kier molecular flexibility index (Phi) is 2.73. The first-order valence-corrected chi connectivity index (χ1v) is 7.31. The van der Waals surface area contributed by atoms with Gasteiger partial charge in [-0.05, 0) is 45.4 Å². The molecule has 0 unspecified atom stereocenters. The van der Waals surface area contributed by atoms with E-state index in [1.807, 2.05) is 0 Å². The maximum atomic E-state index is 7.27. The molecule has 18 heavy (non-hydrogen) atoms. The number of rotatable bonds is 1. The van der Waals surface area contributed by atoms with E-state index in [0.717, 1.165) is 13.0 Å². The smallest absolute Gasteiger partial charge is 0.279 e. The van der Waals surface area contributed by atoms with E-state index in [1.165, 1.54) is 32.4 Å². The lowest BCUT2D eigenvalue weighted by molar-refractivity contribution is -0.139. The quantitative estimate of drug-likeness (QED) is 0.660. The molecule has 0 aromatic rings. The van der Waals surface area contributed by atoms with Gasteiger partial charge in [0.25, 0.3) is 6.17 Å². The van der Waals surface area contributed by atoms with Crippen LogP contribution in [0.4, 0.5) is 0 Å². The highest BCUT2D eigenvalue weighted by molar-refractivity contribution is 5.11. The second-order valence-electron chi connectivity index (χ2n) is 7.58. The third-order valence-electron chi connectivity index (χ3n) is 5.22. The van der Waals surface area contributed by atoms with Gasteiger partial charge in [0.05, 0.1) is 0 Å². The molecule has 3 fully saturated rings. The molecule has 0 amide bonds. The summed E-state index contributed by atoms with van der Waals surface area (Å²) in [5.74, 6) is 0. The van der Waals surface area contributed by atoms with Crippen LogP contribution < -0.4 is 0 Å². The fourth-order valence-corrected chi connectivity index (χ4v) is 4.01. The highest BCUT2D eigenvalue weighted by Gasteiger charge is 2.57. The molecular formula is C15H25N3. The van der Waals surface area contributed by atoms with Crippen molar-refractivity contribution in [3.05, 3.63) is 11.4 Å². The van der Waals surface area contributed by atoms with Gasteiger partial charge < -0.3 is 0 Å². The molecule has 1 atom stereocenters. The molecular weight excluding hydrogens is 222 g/mol. The normalized spacial score (nSPS) is 33.1. The van der Waals surface area contributed by atoms with Gasteiger partial charge in [0.15, 0.2) is 0 Å². The molecule has 3 heteroatoms. The fraction of sp³-hybridized carbons (Fsp3) is 0.933. The van der Waals surface area contributed by atoms with E-state index < -0.39 is 0 Å². The Hall–Kier alpha value is -0.590. The van der Waals surface area contributed by atoms with Crippen LogP contribution in [0.2, 0.25) is 0 Å². The molecule has 2 saturated heterocycles. The van der Waals surface area contributed by atoms with Crippen molar-refractivity contribution in [1.82, 2.24) is 9.80 Å². The Balaban J connectivity index is 1.52. The molecule has 1 aliphatic carbocycles. The summed E-state index contributed by atoms with van der Waals surface area (Å²) in [6.07, 6.45) is 5.20. The maximum Gasteiger partial charge on any atom is 0.279 e. The average molecular weight is 247 g/mol. The fourth-order valence-electron chi connectivity index (χ4n) is 4.01. The van der Waals surface area contributed by atoms with E-state index in [-0.39, 0.29) is 6.17 Å². The Bertz CT molecular complexity index is 362. The van der Waals surface area contributed by atoms with Crippen molar-refractivity contribution in [2.75, 3.05) is 19.6 Å². The zero-order chi connectivity index (χ0) is 13.0. The number of likely N-dealkylation sites (tertiary alicyclic amines) is 2. The van der Waals surface area contributed by atoms with Crippen LogP contribution in [0.3, 0.4) is 0 Å². The maximum absolute atomic E-state index is 7.27. The zero-order valence-electron chi connectivity index (χ0n) is 11.9. The van der Waals surface area contributed by atoms with Gasteiger partial charge in [-0.3, -0.25) is 9.74 Å². The lowest BCUT2D eigenvalue weighted by atomic mass is 9.59. The van der Waals surface area contributed by atoms with Gasteiger partial charge in [0.2, 0.25) is 0 Å². The topological polar surface area (TPSA) is 10.8 Å². The zero-order valence-corrected chi connectivity index (χ0v) is 11.9. The minimum Gasteiger partial charge on any atom is -0.297 e. The largest absolute Gasteiger partial charge is 0.297 e. The third kappa shape index (κ3) is 1.87. The van der Waals surface area contributed by atoms with Crippen molar-refractivity contribution in [3.63, 3.8) is 0 Å². The molecule has 2 heterocycles. The molecule has 3 rings (SSSR count). The van der Waals surface area contributed by atoms with E-state index in [1.54, 1.807) is 0 Å². The molecule has 3 nitrogen and oxygen atoms in total. The van der Waals surface area contributed by atoms with Crippen molar-refractivity contribution < 1.29 is 0 Å². The SMILES string of the molecule is [C-]#[N+][C@@H]1CCCN1C1CC2(C1)CN(C(C)(C)C)C2. The standard InChI is InChI=1S/C15H25N3/c1-14(2,3)17-10-15(11-17)8-12(9-15)18-7-5-6-13(18)16-4/h12-13H,5-11H2,1-3H3/t13-/m0/s1. The summed E-state index contributed by atoms with van der Waals surface area (Å²) in [6, 6.07) is 0.716. The van der Waals surface area contributed by atoms with Crippen LogP contribution in [0.15, 0.2) is 0 Å². The first kappa shape index (κ1) is 12.4. The molecule has 0 bridgehead atoms. The summed E-state index contributed by atoms with van der Waals surface area (Å²) < 4.78 is 0. The van der Waals surface area contributed by atoms with E-state index in [9.17, 15) is 0 Å². The highest BCUT2D eigenvalue weighted by atomic mass is 15.3. The second kappa shape index (κ2) is 3.95. The molecule has 2 aliphatic heterocycles. The molecule has 100 valence electrons. The summed E-state index contributed by atoms with van der Waals surface area (Å²) >= 11 is 0. The van der Waals surface area contributed by atoms with Crippen molar-refractivity contribution in [1.29, 1.82) is 0 Å². The van der Waals surface area contributed by atoms with E-state index in [4.69, 9.17) is 6.57 Å². The van der Waals surface area contributed by atoms with Crippen LogP contribution in [-0.4, -0.2) is 47.2 Å². The van der Waals surface area contributed by atoms with Crippen molar-refractivity contribution in [2.45, 2.75) is 64.2 Å². The first-order chi connectivity index (χ1) is 8.43. The van der Waals surface area contributed by atoms with Crippen molar-refractivity contribution in [3.8, 4) is 0 Å². The molecule has 0 N–H and O–H groups in total. The Morgan fingerprint density at radius 3 is 2.44 bits per heavy atom. The van der Waals surface area contributed by atoms with Gasteiger partial charge in [-0.1, -0.05) is 0 Å². The molecule has 3 aliphatic rings. The van der Waals surface area contributed by atoms with Gasteiger partial charge >= 0.3 is 0 Å². The van der Waals surface area contributed by atoms with Gasteiger partial charge in [-0.2, -0.15) is 0 Å². The monoisotopic (exact) mass is 247 g/mol. The highest BCUT2D eigenvalue weighted by Crippen LogP contribution is 2.52. The van der Waals surface area contributed by atoms with Crippen molar-refractivity contribution >= 4 is 0 Å². The molecule has 1 spiro atoms. The predicted octanol–water partition coefficient (Wildman–Crippen LogP) is 2.59. The van der Waals surface area contributed by atoms with Gasteiger partial charge in [-0.15, -0.1) is 0 Å². The van der Waals surface area contributed by atoms with E-state index in [0.29, 0.717) is 17.0 Å². The number of hydrogen-bond acceptors (Lipinski definition) is 2. The number of nitrogens with zero attached hydrogens (tertiary/aromatic N) is 3. The minimum atomic E-state index is 0.200. The summed E-state index contributed by atoms with van der Waals surface area (Å²) in [6.45, 7) is 17.9. The third-order valence-corrected chi connectivity index (χ3v) is 5.22. The molecule has 0 aromatic heterocycles. The molecule has 0 aromatic carbocycles. The Morgan fingerprint density at radius 1 is 1.22 bits per heavy atom. The van der Waals surface area contributed by atoms with Crippen LogP contribution in [0, 0.1) is 12.0 Å². The lowest BCUT2D eigenvalue weighted by Gasteiger charge is -2.63. The predicted molar refractivity (Wildman–Crippen MR) is 73.1 cm³/mol. The van der Waals surface area contributed by atoms with Crippen LogP contribution in [0.1, 0.15) is 46.5 Å². The average Bonchev–Trinajstić information content (AvgIpc) is 2.59. The molecule has 1 saturated carbocycles. The summed E-state index contributed by atoms with van der Waals surface area (Å²) in [5.41, 5.74) is 0.955. The van der Waals surface area contributed by atoms with Crippen LogP contribution in [0.25, 0.3) is 4.85 Å². The van der Waals surface area contributed by atoms with Crippen molar-refractivity contribution in [2.24, 2.45) is 5.41 Å². The van der Waals surface area contributed by atoms with Gasteiger partial charge in [0, 0.05) is 37.6 Å². The van der Waals surface area contributed by atoms with E-state index in [2.05, 4.69) is 35.4 Å². The summed E-state index contributed by atoms with van der Waals surface area (Å²) in [5, 5.41) is 0. The second-order valence-corrected chi connectivity index (χ2v) is 7.58. The van der Waals surface area contributed by atoms with Crippen LogP contribution >= 0.6 is 0 Å².